The fraction of sp³-hybridized carbons (Fsp3) is 0.400. The lowest BCUT2D eigenvalue weighted by Crippen LogP contribution is -2.57. The number of carbonyl (C=O) groups excluding carboxylic acids is 3. The number of benzene rings is 2. The van der Waals surface area contributed by atoms with E-state index in [2.05, 4.69) is 15.5 Å². The van der Waals surface area contributed by atoms with E-state index in [1.165, 1.54) is 0 Å². The van der Waals surface area contributed by atoms with Crippen molar-refractivity contribution in [2.75, 3.05) is 24.7 Å². The minimum Gasteiger partial charge on any atom is -0.349 e. The molecule has 2 aliphatic rings. The van der Waals surface area contributed by atoms with Gasteiger partial charge in [-0.2, -0.15) is 0 Å². The molecule has 1 unspecified atom stereocenters. The highest BCUT2D eigenvalue weighted by Crippen LogP contribution is 2.36. The van der Waals surface area contributed by atoms with E-state index in [0.29, 0.717) is 45.4 Å². The SMILES string of the molecule is CC(CCC(=O)N1CCC2(CC1)C(=O)NCN2c1ccccc1)NC(=O)c1c(Cl)cccc1Cl. The van der Waals surface area contributed by atoms with Gasteiger partial charge in [0.05, 0.1) is 22.3 Å². The highest BCUT2D eigenvalue weighted by atomic mass is 35.5. The van der Waals surface area contributed by atoms with Gasteiger partial charge in [-0.25, -0.2) is 0 Å². The Hall–Kier alpha value is -2.77. The number of likely N-dealkylation sites (tertiary alicyclic amines) is 1. The third kappa shape index (κ3) is 4.86. The van der Waals surface area contributed by atoms with Gasteiger partial charge in [0.2, 0.25) is 11.8 Å². The van der Waals surface area contributed by atoms with E-state index < -0.39 is 5.54 Å². The van der Waals surface area contributed by atoms with E-state index in [9.17, 15) is 14.4 Å². The second-order valence-electron chi connectivity index (χ2n) is 8.85. The van der Waals surface area contributed by atoms with Crippen molar-refractivity contribution in [2.24, 2.45) is 0 Å². The number of para-hydroxylation sites is 1. The number of nitrogens with zero attached hydrogens (tertiary/aromatic N) is 2. The molecular weight excluding hydrogens is 475 g/mol. The molecule has 3 amide bonds. The van der Waals surface area contributed by atoms with Crippen LogP contribution in [0.1, 0.15) is 43.0 Å². The van der Waals surface area contributed by atoms with Crippen molar-refractivity contribution >= 4 is 46.6 Å². The molecule has 0 saturated carbocycles. The summed E-state index contributed by atoms with van der Waals surface area (Å²) in [5.41, 5.74) is 0.625. The van der Waals surface area contributed by atoms with Gasteiger partial charge in [0, 0.05) is 31.2 Å². The van der Waals surface area contributed by atoms with Gasteiger partial charge < -0.3 is 20.4 Å². The Balaban J connectivity index is 1.30. The number of piperidine rings is 1. The summed E-state index contributed by atoms with van der Waals surface area (Å²) in [7, 11) is 0. The van der Waals surface area contributed by atoms with Crippen molar-refractivity contribution in [2.45, 2.75) is 44.2 Å². The Morgan fingerprint density at radius 2 is 1.71 bits per heavy atom. The third-order valence-corrected chi connectivity index (χ3v) is 7.34. The van der Waals surface area contributed by atoms with Gasteiger partial charge in [0.1, 0.15) is 5.54 Å². The van der Waals surface area contributed by atoms with Crippen LogP contribution < -0.4 is 15.5 Å². The molecule has 1 atom stereocenters. The molecule has 2 saturated heterocycles. The molecule has 0 bridgehead atoms. The summed E-state index contributed by atoms with van der Waals surface area (Å²) in [6, 6.07) is 14.6. The molecule has 2 N–H and O–H groups in total. The molecule has 34 heavy (non-hydrogen) atoms. The first kappa shape index (κ1) is 24.4. The van der Waals surface area contributed by atoms with Crippen molar-refractivity contribution < 1.29 is 14.4 Å². The molecule has 0 aromatic heterocycles. The van der Waals surface area contributed by atoms with Gasteiger partial charge in [-0.1, -0.05) is 47.5 Å². The van der Waals surface area contributed by atoms with Crippen LogP contribution in [0.15, 0.2) is 48.5 Å². The summed E-state index contributed by atoms with van der Waals surface area (Å²) in [5.74, 6) is -0.307. The van der Waals surface area contributed by atoms with Gasteiger partial charge in [-0.3, -0.25) is 14.4 Å². The normalized spacial score (nSPS) is 18.0. The average molecular weight is 503 g/mol. The van der Waals surface area contributed by atoms with E-state index in [-0.39, 0.29) is 39.4 Å². The number of hydrogen-bond donors (Lipinski definition) is 2. The lowest BCUT2D eigenvalue weighted by molar-refractivity contribution is -0.135. The van der Waals surface area contributed by atoms with Crippen LogP contribution >= 0.6 is 23.2 Å². The first-order valence-corrected chi connectivity index (χ1v) is 12.2. The van der Waals surface area contributed by atoms with Crippen LogP contribution in [-0.4, -0.2) is 54.0 Å². The first-order valence-electron chi connectivity index (χ1n) is 11.5. The predicted molar refractivity (Wildman–Crippen MR) is 133 cm³/mol. The Kier molecular flexibility index (Phi) is 7.33. The quantitative estimate of drug-likeness (QED) is 0.628. The summed E-state index contributed by atoms with van der Waals surface area (Å²) in [5, 5.41) is 6.42. The number of amides is 3. The number of hydrogen-bond acceptors (Lipinski definition) is 4. The summed E-state index contributed by atoms with van der Waals surface area (Å²) >= 11 is 12.2. The molecule has 1 spiro atoms. The number of halogens is 2. The number of rotatable bonds is 6. The van der Waals surface area contributed by atoms with E-state index in [0.717, 1.165) is 5.69 Å². The standard InChI is InChI=1S/C25H28Cl2N4O3/c1-17(29-23(33)22-19(26)8-5-9-20(22)27)10-11-21(32)30-14-12-25(13-15-30)24(34)28-16-31(25)18-6-3-2-4-7-18/h2-9,17H,10-16H2,1H3,(H,28,34)(H,29,33). The molecule has 180 valence electrons. The molecular formula is C25H28Cl2N4O3. The van der Waals surface area contributed by atoms with Crippen LogP contribution in [0.2, 0.25) is 10.0 Å². The van der Waals surface area contributed by atoms with E-state index in [1.807, 2.05) is 42.2 Å². The molecule has 2 heterocycles. The van der Waals surface area contributed by atoms with E-state index in [4.69, 9.17) is 23.2 Å². The molecule has 0 radical (unpaired) electrons. The van der Waals surface area contributed by atoms with Crippen LogP contribution in [0.4, 0.5) is 5.69 Å². The van der Waals surface area contributed by atoms with Crippen molar-refractivity contribution in [3.05, 3.63) is 64.1 Å². The Morgan fingerprint density at radius 1 is 1.06 bits per heavy atom. The fourth-order valence-electron chi connectivity index (χ4n) is 4.74. The maximum atomic E-state index is 12.9. The Morgan fingerprint density at radius 3 is 2.35 bits per heavy atom. The second kappa shape index (κ2) is 10.2. The predicted octanol–water partition coefficient (Wildman–Crippen LogP) is 3.85. The fourth-order valence-corrected chi connectivity index (χ4v) is 5.31. The topological polar surface area (TPSA) is 81.8 Å². The van der Waals surface area contributed by atoms with Gasteiger partial charge in [0.15, 0.2) is 0 Å². The number of anilines is 1. The number of carbonyl (C=O) groups is 3. The minimum atomic E-state index is -0.617. The van der Waals surface area contributed by atoms with Crippen molar-refractivity contribution in [1.82, 2.24) is 15.5 Å². The molecule has 4 rings (SSSR count). The molecule has 2 aromatic rings. The van der Waals surface area contributed by atoms with E-state index in [1.54, 1.807) is 18.2 Å². The smallest absolute Gasteiger partial charge is 0.254 e. The zero-order chi connectivity index (χ0) is 24.3. The maximum absolute atomic E-state index is 12.9. The molecule has 7 nitrogen and oxygen atoms in total. The zero-order valence-electron chi connectivity index (χ0n) is 19.0. The van der Waals surface area contributed by atoms with Gasteiger partial charge in [0.25, 0.3) is 5.91 Å². The molecule has 2 aromatic carbocycles. The van der Waals surface area contributed by atoms with Crippen LogP contribution in [-0.2, 0) is 9.59 Å². The second-order valence-corrected chi connectivity index (χ2v) is 9.66. The molecule has 2 fully saturated rings. The van der Waals surface area contributed by atoms with Crippen LogP contribution in [0, 0.1) is 0 Å². The summed E-state index contributed by atoms with van der Waals surface area (Å²) in [4.78, 5) is 42.1. The summed E-state index contributed by atoms with van der Waals surface area (Å²) in [6.07, 6.45) is 1.96. The van der Waals surface area contributed by atoms with Crippen molar-refractivity contribution in [3.63, 3.8) is 0 Å². The van der Waals surface area contributed by atoms with Crippen molar-refractivity contribution in [3.8, 4) is 0 Å². The largest absolute Gasteiger partial charge is 0.349 e. The average Bonchev–Trinajstić information content (AvgIpc) is 3.13. The first-order chi connectivity index (χ1) is 16.3. The van der Waals surface area contributed by atoms with Gasteiger partial charge >= 0.3 is 0 Å². The Labute approximate surface area is 209 Å². The highest BCUT2D eigenvalue weighted by Gasteiger charge is 2.50. The Bertz CT molecular complexity index is 1050. The lowest BCUT2D eigenvalue weighted by atomic mass is 9.85. The summed E-state index contributed by atoms with van der Waals surface area (Å²) in [6.45, 7) is 3.36. The van der Waals surface area contributed by atoms with Crippen LogP contribution in [0.25, 0.3) is 0 Å². The molecule has 0 aliphatic carbocycles. The minimum absolute atomic E-state index is 0.0244. The summed E-state index contributed by atoms with van der Waals surface area (Å²) < 4.78 is 0. The van der Waals surface area contributed by atoms with Crippen LogP contribution in [0.5, 0.6) is 0 Å². The van der Waals surface area contributed by atoms with Crippen molar-refractivity contribution in [1.29, 1.82) is 0 Å². The third-order valence-electron chi connectivity index (χ3n) is 6.71. The van der Waals surface area contributed by atoms with Gasteiger partial charge in [-0.05, 0) is 50.5 Å². The van der Waals surface area contributed by atoms with E-state index >= 15 is 0 Å². The molecule has 9 heteroatoms. The molecule has 2 aliphatic heterocycles. The maximum Gasteiger partial charge on any atom is 0.254 e. The lowest BCUT2D eigenvalue weighted by Gasteiger charge is -2.43. The monoisotopic (exact) mass is 502 g/mol. The zero-order valence-corrected chi connectivity index (χ0v) is 20.5. The van der Waals surface area contributed by atoms with Gasteiger partial charge in [-0.15, -0.1) is 0 Å². The van der Waals surface area contributed by atoms with Crippen LogP contribution in [0.3, 0.4) is 0 Å². The number of nitrogens with one attached hydrogen (secondary N) is 2. The highest BCUT2D eigenvalue weighted by molar-refractivity contribution is 6.39.